The molecule has 0 bridgehead atoms. The van der Waals surface area contributed by atoms with E-state index in [0.717, 1.165) is 6.42 Å². The van der Waals surface area contributed by atoms with Crippen LogP contribution in [0.1, 0.15) is 37.5 Å². The summed E-state index contributed by atoms with van der Waals surface area (Å²) in [7, 11) is 2.23. The van der Waals surface area contributed by atoms with Crippen LogP contribution in [0.15, 0.2) is 64.5 Å². The molecule has 1 nitrogen and oxygen atoms in total. The number of nitrogens with zero attached hydrogens (tertiary/aromatic N) is 1. The van der Waals surface area contributed by atoms with E-state index in [1.165, 1.54) is 70.1 Å². The molecule has 0 radical (unpaired) electrons. The van der Waals surface area contributed by atoms with E-state index in [4.69, 9.17) is 0 Å². The zero-order chi connectivity index (χ0) is 26.4. The molecule has 0 spiro atoms. The predicted molar refractivity (Wildman–Crippen MR) is 165 cm³/mol. The zero-order valence-electron chi connectivity index (χ0n) is 23.8. The van der Waals surface area contributed by atoms with Gasteiger partial charge in [0.1, 0.15) is 0 Å². The standard InChI is InChI=1S/C34H38GeNS/c1-20-13-14-23-25(17-20)21(2)30-32-31-24(15-16-36(32)9)22-11-10-12-28(35(6,7)8)26(22)18-29(31)37-33(30)27(23)19-34(3,4)5/h10-18H,19H2,1-9H3/q+1. The molecule has 0 aliphatic carbocycles. The minimum atomic E-state index is -2.06. The third-order valence-electron chi connectivity index (χ3n) is 7.99. The van der Waals surface area contributed by atoms with Crippen LogP contribution in [0.5, 0.6) is 0 Å². The van der Waals surface area contributed by atoms with Gasteiger partial charge >= 0.3 is 230 Å². The number of fused-ring (bicyclic) bond motifs is 5. The minimum absolute atomic E-state index is 0.201. The van der Waals surface area contributed by atoms with E-state index in [9.17, 15) is 0 Å². The number of hydrogen-bond donors (Lipinski definition) is 0. The van der Waals surface area contributed by atoms with E-state index in [0.29, 0.717) is 0 Å². The summed E-state index contributed by atoms with van der Waals surface area (Å²) in [6.07, 6.45) is 3.35. The van der Waals surface area contributed by atoms with Gasteiger partial charge in [0.05, 0.1) is 0 Å². The fourth-order valence-electron chi connectivity index (χ4n) is 6.34. The number of benzene rings is 4. The number of rotatable bonds is 2. The van der Waals surface area contributed by atoms with Crippen LogP contribution in [-0.2, 0) is 13.5 Å². The van der Waals surface area contributed by atoms with Gasteiger partial charge in [-0.3, -0.25) is 0 Å². The van der Waals surface area contributed by atoms with Crippen molar-refractivity contribution in [3.8, 4) is 11.3 Å². The van der Waals surface area contributed by atoms with Gasteiger partial charge in [-0.25, -0.2) is 0 Å². The number of pyridine rings is 1. The van der Waals surface area contributed by atoms with Crippen LogP contribution in [0.25, 0.3) is 43.6 Å². The third-order valence-corrected chi connectivity index (χ3v) is 13.5. The molecule has 5 aromatic rings. The van der Waals surface area contributed by atoms with Crippen LogP contribution in [0.4, 0.5) is 0 Å². The average Bonchev–Trinajstić information content (AvgIpc) is 2.81. The molecule has 0 saturated carbocycles. The summed E-state index contributed by atoms with van der Waals surface area (Å²) in [5.74, 6) is 7.55. The molecule has 0 atom stereocenters. The maximum atomic E-state index is 2.54. The molecule has 0 N–H and O–H groups in total. The van der Waals surface area contributed by atoms with Gasteiger partial charge in [-0.15, -0.1) is 0 Å². The van der Waals surface area contributed by atoms with Gasteiger partial charge in [0.2, 0.25) is 0 Å². The molecule has 1 aromatic heterocycles. The van der Waals surface area contributed by atoms with Crippen LogP contribution in [-0.4, -0.2) is 13.3 Å². The summed E-state index contributed by atoms with van der Waals surface area (Å²) in [6.45, 7) is 11.7. The van der Waals surface area contributed by atoms with Gasteiger partial charge in [0.15, 0.2) is 0 Å². The first kappa shape index (κ1) is 25.0. The fourth-order valence-corrected chi connectivity index (χ4v) is 11.1. The number of aromatic nitrogens is 1. The molecule has 1 aliphatic rings. The van der Waals surface area contributed by atoms with Crippen LogP contribution < -0.4 is 8.96 Å². The summed E-state index contributed by atoms with van der Waals surface area (Å²) in [5.41, 5.74) is 7.26. The monoisotopic (exact) mass is 566 g/mol. The molecular weight excluding hydrogens is 527 g/mol. The van der Waals surface area contributed by atoms with E-state index >= 15 is 0 Å². The first-order valence-electron chi connectivity index (χ1n) is 13.5. The van der Waals surface area contributed by atoms with E-state index in [2.05, 4.69) is 118 Å². The summed E-state index contributed by atoms with van der Waals surface area (Å²) in [4.78, 5) is 2.88. The Hall–Kier alpha value is -2.30. The van der Waals surface area contributed by atoms with E-state index in [-0.39, 0.29) is 5.41 Å². The van der Waals surface area contributed by atoms with Crippen molar-refractivity contribution in [2.24, 2.45) is 12.5 Å². The van der Waals surface area contributed by atoms with Crippen molar-refractivity contribution in [2.45, 2.75) is 68.1 Å². The van der Waals surface area contributed by atoms with Crippen LogP contribution in [0.3, 0.4) is 0 Å². The van der Waals surface area contributed by atoms with Gasteiger partial charge in [-0.1, -0.05) is 0 Å². The quantitative estimate of drug-likeness (QED) is 0.115. The Morgan fingerprint density at radius 1 is 0.838 bits per heavy atom. The average molecular weight is 565 g/mol. The van der Waals surface area contributed by atoms with Crippen LogP contribution in [0.2, 0.25) is 17.3 Å². The summed E-state index contributed by atoms with van der Waals surface area (Å²) in [6, 6.07) is 19.0. The Morgan fingerprint density at radius 3 is 2.30 bits per heavy atom. The topological polar surface area (TPSA) is 3.88 Å². The molecule has 0 saturated heterocycles. The fraction of sp³-hybridized carbons (Fsp3) is 0.324. The summed E-state index contributed by atoms with van der Waals surface area (Å²) in [5, 5.41) is 8.53. The Morgan fingerprint density at radius 2 is 1.59 bits per heavy atom. The normalized spacial score (nSPS) is 13.5. The van der Waals surface area contributed by atoms with Crippen molar-refractivity contribution in [1.82, 2.24) is 0 Å². The molecular formula is C34H38GeNS+. The summed E-state index contributed by atoms with van der Waals surface area (Å²) < 4.78 is 3.98. The van der Waals surface area contributed by atoms with Crippen LogP contribution in [0, 0.1) is 19.3 Å². The molecule has 0 amide bonds. The number of hydrogen-bond acceptors (Lipinski definition) is 1. The second kappa shape index (κ2) is 8.35. The van der Waals surface area contributed by atoms with E-state index in [1.807, 2.05) is 11.8 Å². The first-order valence-corrected chi connectivity index (χ1v) is 21.6. The first-order chi connectivity index (χ1) is 17.3. The summed E-state index contributed by atoms with van der Waals surface area (Å²) >= 11 is -0.0379. The zero-order valence-corrected chi connectivity index (χ0v) is 26.7. The molecule has 2 heterocycles. The van der Waals surface area contributed by atoms with Crippen molar-refractivity contribution in [3.05, 3.63) is 71.4 Å². The van der Waals surface area contributed by atoms with Crippen molar-refractivity contribution < 1.29 is 4.57 Å². The Labute approximate surface area is 228 Å². The molecule has 37 heavy (non-hydrogen) atoms. The maximum absolute atomic E-state index is 2.54. The second-order valence-corrected chi connectivity index (χ2v) is 24.9. The number of aryl methyl sites for hydroxylation is 3. The molecule has 0 fully saturated rings. The van der Waals surface area contributed by atoms with Gasteiger partial charge in [-0.05, 0) is 0 Å². The second-order valence-electron chi connectivity index (χ2n) is 13.3. The molecule has 3 heteroatoms. The predicted octanol–water partition coefficient (Wildman–Crippen LogP) is 8.85. The van der Waals surface area contributed by atoms with Gasteiger partial charge in [0, 0.05) is 0 Å². The SMILES string of the molecule is Cc1ccc2c(CC(C)(C)C)c3c(c(C)c2c1)-c1c2c(cc4[c]([Ge]([CH3])([CH3])[CH3])cccc4c2cc[n+]1C)S3. The van der Waals surface area contributed by atoms with Crippen molar-refractivity contribution >= 4 is 61.7 Å². The van der Waals surface area contributed by atoms with Crippen molar-refractivity contribution in [1.29, 1.82) is 0 Å². The van der Waals surface area contributed by atoms with E-state index in [1.54, 1.807) is 4.40 Å². The van der Waals surface area contributed by atoms with Gasteiger partial charge in [0.25, 0.3) is 0 Å². The van der Waals surface area contributed by atoms with Gasteiger partial charge < -0.3 is 0 Å². The molecule has 4 aromatic carbocycles. The Bertz CT molecular complexity index is 1770. The third kappa shape index (κ3) is 3.94. The van der Waals surface area contributed by atoms with Crippen molar-refractivity contribution in [3.63, 3.8) is 0 Å². The van der Waals surface area contributed by atoms with Crippen LogP contribution >= 0.6 is 11.8 Å². The molecule has 0 unspecified atom stereocenters. The Balaban J connectivity index is 1.81. The molecule has 6 rings (SSSR count). The van der Waals surface area contributed by atoms with Crippen molar-refractivity contribution in [2.75, 3.05) is 0 Å². The Kier molecular flexibility index (Phi) is 5.64. The molecule has 1 aliphatic heterocycles. The molecule has 188 valence electrons. The van der Waals surface area contributed by atoms with Gasteiger partial charge in [-0.2, -0.15) is 0 Å². The van der Waals surface area contributed by atoms with E-state index < -0.39 is 13.3 Å².